The highest BCUT2D eigenvalue weighted by Gasteiger charge is 2.07. The largest absolute Gasteiger partial charge is 0.298 e. The predicted octanol–water partition coefficient (Wildman–Crippen LogP) is 7.64. The van der Waals surface area contributed by atoms with Gasteiger partial charge in [-0.2, -0.15) is 0 Å². The molecule has 0 bridgehead atoms. The molecule has 0 atom stereocenters. The molecular weight excluding hydrogens is 280 g/mol. The number of unbranched alkanes of at least 4 members (excludes halogenated alkanes) is 12. The molecule has 0 aliphatic rings. The van der Waals surface area contributed by atoms with Crippen molar-refractivity contribution in [3.8, 4) is 0 Å². The summed E-state index contributed by atoms with van der Waals surface area (Å²) in [4.78, 5) is 11.1. The Kier molecular flexibility index (Phi) is 14.6. The van der Waals surface area contributed by atoms with Gasteiger partial charge in [0.15, 0.2) is 0 Å². The van der Waals surface area contributed by atoms with Crippen LogP contribution in [0.15, 0.2) is 11.6 Å². The molecule has 0 rings (SSSR count). The minimum atomic E-state index is 0.118. The van der Waals surface area contributed by atoms with Crippen LogP contribution >= 0.6 is 0 Å². The van der Waals surface area contributed by atoms with Crippen LogP contribution in [0, 0.1) is 5.41 Å². The van der Waals surface area contributed by atoms with Gasteiger partial charge in [0.1, 0.15) is 6.29 Å². The van der Waals surface area contributed by atoms with Crippen molar-refractivity contribution in [2.24, 2.45) is 5.41 Å². The zero-order chi connectivity index (χ0) is 17.4. The average Bonchev–Trinajstić information content (AvgIpc) is 2.49. The van der Waals surface area contributed by atoms with Gasteiger partial charge in [-0.15, -0.1) is 0 Å². The lowest BCUT2D eigenvalue weighted by atomic mass is 9.92. The minimum absolute atomic E-state index is 0.118. The summed E-state index contributed by atoms with van der Waals surface area (Å²) >= 11 is 0. The lowest BCUT2D eigenvalue weighted by Crippen LogP contribution is -2.02. The molecule has 0 aliphatic carbocycles. The van der Waals surface area contributed by atoms with E-state index in [4.69, 9.17) is 0 Å². The maximum atomic E-state index is 11.1. The van der Waals surface area contributed by atoms with Crippen LogP contribution < -0.4 is 0 Å². The van der Waals surface area contributed by atoms with Crippen LogP contribution in [0.5, 0.6) is 0 Å². The molecule has 0 saturated heterocycles. The number of hydrogen-bond acceptors (Lipinski definition) is 1. The fourth-order valence-electron chi connectivity index (χ4n) is 3.07. The van der Waals surface area contributed by atoms with Crippen molar-refractivity contribution in [2.45, 2.75) is 118 Å². The van der Waals surface area contributed by atoms with Crippen molar-refractivity contribution in [3.63, 3.8) is 0 Å². The molecule has 0 aromatic carbocycles. The van der Waals surface area contributed by atoms with Gasteiger partial charge in [0.25, 0.3) is 0 Å². The summed E-state index contributed by atoms with van der Waals surface area (Å²) in [5.74, 6) is 0. The normalized spacial score (nSPS) is 12.6. The van der Waals surface area contributed by atoms with Crippen LogP contribution in [0.2, 0.25) is 0 Å². The molecule has 0 aliphatic heterocycles. The summed E-state index contributed by atoms with van der Waals surface area (Å²) in [5.41, 5.74) is 1.10. The van der Waals surface area contributed by atoms with Crippen molar-refractivity contribution in [3.05, 3.63) is 11.6 Å². The third-order valence-electron chi connectivity index (χ3n) is 4.34. The van der Waals surface area contributed by atoms with E-state index in [1.165, 1.54) is 77.0 Å². The molecule has 0 radical (unpaired) electrons. The highest BCUT2D eigenvalue weighted by Crippen LogP contribution is 2.20. The second-order valence-corrected chi connectivity index (χ2v) is 8.20. The maximum absolute atomic E-state index is 11.1. The fourth-order valence-corrected chi connectivity index (χ4v) is 3.07. The molecule has 0 amide bonds. The molecule has 23 heavy (non-hydrogen) atoms. The molecular formula is C22H42O. The highest BCUT2D eigenvalue weighted by atomic mass is 16.1. The Hall–Kier alpha value is -0.590. The minimum Gasteiger partial charge on any atom is -0.298 e. The predicted molar refractivity (Wildman–Crippen MR) is 104 cm³/mol. The van der Waals surface area contributed by atoms with Crippen LogP contribution in [0.3, 0.4) is 0 Å². The van der Waals surface area contributed by atoms with E-state index < -0.39 is 0 Å². The molecule has 0 heterocycles. The standard InChI is InChI=1S/C22H42O/c1-5-6-7-8-9-10-11-12-13-14-15-16-17-18-21(20-23)19-22(2,3)4/h19-20H,5-18H2,1-4H3/b21-19-. The first-order chi connectivity index (χ1) is 11.0. The molecule has 0 saturated carbocycles. The Balaban J connectivity index is 3.36. The summed E-state index contributed by atoms with van der Waals surface area (Å²) < 4.78 is 0. The zero-order valence-electron chi connectivity index (χ0n) is 16.5. The van der Waals surface area contributed by atoms with Crippen LogP contribution in [-0.2, 0) is 4.79 Å². The highest BCUT2D eigenvalue weighted by molar-refractivity contribution is 5.73. The second kappa shape index (κ2) is 15.0. The average molecular weight is 323 g/mol. The van der Waals surface area contributed by atoms with E-state index in [-0.39, 0.29) is 5.41 Å². The van der Waals surface area contributed by atoms with Gasteiger partial charge in [-0.05, 0) is 23.8 Å². The Labute approximate surface area is 146 Å². The van der Waals surface area contributed by atoms with Crippen molar-refractivity contribution in [2.75, 3.05) is 0 Å². The molecule has 0 unspecified atom stereocenters. The number of aldehydes is 1. The van der Waals surface area contributed by atoms with E-state index in [1.807, 2.05) is 0 Å². The van der Waals surface area contributed by atoms with Crippen LogP contribution in [0.1, 0.15) is 118 Å². The lowest BCUT2D eigenvalue weighted by Gasteiger charge is -2.13. The SMILES string of the molecule is CCCCCCCCCCCCCCC/C(C=O)=C/C(C)(C)C. The first-order valence-corrected chi connectivity index (χ1v) is 10.2. The van der Waals surface area contributed by atoms with Gasteiger partial charge in [0.2, 0.25) is 0 Å². The molecule has 1 heteroatoms. The van der Waals surface area contributed by atoms with Crippen molar-refractivity contribution >= 4 is 6.29 Å². The van der Waals surface area contributed by atoms with Crippen molar-refractivity contribution in [1.82, 2.24) is 0 Å². The van der Waals surface area contributed by atoms with Gasteiger partial charge in [0.05, 0.1) is 0 Å². The van der Waals surface area contributed by atoms with E-state index in [9.17, 15) is 4.79 Å². The summed E-state index contributed by atoms with van der Waals surface area (Å²) in [6.45, 7) is 8.74. The van der Waals surface area contributed by atoms with Gasteiger partial charge >= 0.3 is 0 Å². The summed E-state index contributed by atoms with van der Waals surface area (Å²) in [5, 5.41) is 0. The number of carbonyl (C=O) groups is 1. The van der Waals surface area contributed by atoms with E-state index in [0.29, 0.717) is 0 Å². The Bertz CT molecular complexity index is 296. The van der Waals surface area contributed by atoms with E-state index in [1.54, 1.807) is 0 Å². The Morgan fingerprint density at radius 1 is 0.696 bits per heavy atom. The van der Waals surface area contributed by atoms with Crippen LogP contribution in [0.25, 0.3) is 0 Å². The lowest BCUT2D eigenvalue weighted by molar-refractivity contribution is -0.105. The summed E-state index contributed by atoms with van der Waals surface area (Å²) in [6.07, 6.45) is 22.0. The molecule has 0 aromatic heterocycles. The Morgan fingerprint density at radius 3 is 1.43 bits per heavy atom. The number of rotatable bonds is 15. The van der Waals surface area contributed by atoms with Crippen molar-refractivity contribution in [1.29, 1.82) is 0 Å². The maximum Gasteiger partial charge on any atom is 0.145 e. The van der Waals surface area contributed by atoms with Gasteiger partial charge < -0.3 is 0 Å². The topological polar surface area (TPSA) is 17.1 Å². The Morgan fingerprint density at radius 2 is 1.09 bits per heavy atom. The fraction of sp³-hybridized carbons (Fsp3) is 0.864. The third kappa shape index (κ3) is 17.6. The monoisotopic (exact) mass is 322 g/mol. The van der Waals surface area contributed by atoms with E-state index in [0.717, 1.165) is 24.7 Å². The number of hydrogen-bond donors (Lipinski definition) is 0. The van der Waals surface area contributed by atoms with Gasteiger partial charge in [-0.1, -0.05) is 111 Å². The smallest absolute Gasteiger partial charge is 0.145 e. The number of allylic oxidation sites excluding steroid dienone is 2. The molecule has 0 N–H and O–H groups in total. The molecule has 0 spiro atoms. The van der Waals surface area contributed by atoms with E-state index in [2.05, 4.69) is 33.8 Å². The van der Waals surface area contributed by atoms with Gasteiger partial charge in [-0.25, -0.2) is 0 Å². The van der Waals surface area contributed by atoms with Gasteiger partial charge in [-0.3, -0.25) is 4.79 Å². The molecule has 136 valence electrons. The molecule has 0 aromatic rings. The summed E-state index contributed by atoms with van der Waals surface area (Å²) in [7, 11) is 0. The first-order valence-electron chi connectivity index (χ1n) is 10.2. The van der Waals surface area contributed by atoms with Crippen LogP contribution in [-0.4, -0.2) is 6.29 Å². The van der Waals surface area contributed by atoms with Crippen molar-refractivity contribution < 1.29 is 4.79 Å². The second-order valence-electron chi connectivity index (χ2n) is 8.20. The van der Waals surface area contributed by atoms with Crippen LogP contribution in [0.4, 0.5) is 0 Å². The first kappa shape index (κ1) is 22.4. The quantitative estimate of drug-likeness (QED) is 0.172. The molecule has 0 fully saturated rings. The van der Waals surface area contributed by atoms with Gasteiger partial charge in [0, 0.05) is 0 Å². The third-order valence-corrected chi connectivity index (χ3v) is 4.34. The zero-order valence-corrected chi connectivity index (χ0v) is 16.5. The summed E-state index contributed by atoms with van der Waals surface area (Å²) in [6, 6.07) is 0. The van der Waals surface area contributed by atoms with E-state index >= 15 is 0 Å². The number of carbonyl (C=O) groups excluding carboxylic acids is 1. The molecule has 1 nitrogen and oxygen atoms in total.